The van der Waals surface area contributed by atoms with Crippen molar-refractivity contribution < 1.29 is 14.2 Å². The van der Waals surface area contributed by atoms with Gasteiger partial charge in [0.25, 0.3) is 0 Å². The van der Waals surface area contributed by atoms with Crippen molar-refractivity contribution in [3.63, 3.8) is 0 Å². The van der Waals surface area contributed by atoms with E-state index in [0.29, 0.717) is 0 Å². The number of halogens is 1. The van der Waals surface area contributed by atoms with E-state index in [9.17, 15) is 0 Å². The fraction of sp³-hybridized carbons (Fsp3) is 0.222. The van der Waals surface area contributed by atoms with E-state index in [1.165, 1.54) is 0 Å². The molecule has 0 saturated heterocycles. The van der Waals surface area contributed by atoms with Crippen LogP contribution >= 0.6 is 15.9 Å². The van der Waals surface area contributed by atoms with Crippen molar-refractivity contribution in [1.82, 2.24) is 0 Å². The number of allylic oxidation sites excluding steroid dienone is 1. The first kappa shape index (κ1) is 16.6. The predicted octanol–water partition coefficient (Wildman–Crippen LogP) is 5.00. The van der Waals surface area contributed by atoms with E-state index in [4.69, 9.17) is 14.2 Å². The van der Waals surface area contributed by atoms with Crippen LogP contribution in [0.5, 0.6) is 11.5 Å². The lowest BCUT2D eigenvalue weighted by atomic mass is 10.0. The molecular weight excluding hydrogens is 344 g/mol. The van der Waals surface area contributed by atoms with Crippen LogP contribution in [0.2, 0.25) is 0 Å². The molecule has 116 valence electrons. The van der Waals surface area contributed by atoms with Gasteiger partial charge in [-0.05, 0) is 48.4 Å². The SMILES string of the molecule is COCOc1cc(Br)ccc1C(C)=Cc1cccc(OC)c1. The number of rotatable bonds is 6. The standard InChI is InChI=1S/C18H19BrO3/c1-13(9-14-5-4-6-16(10-14)21-3)17-8-7-15(19)11-18(17)22-12-20-2/h4-11H,12H2,1-3H3. The van der Waals surface area contributed by atoms with Crippen LogP contribution in [-0.2, 0) is 4.74 Å². The highest BCUT2D eigenvalue weighted by molar-refractivity contribution is 9.10. The lowest BCUT2D eigenvalue weighted by Crippen LogP contribution is -2.01. The number of hydrogen-bond donors (Lipinski definition) is 0. The lowest BCUT2D eigenvalue weighted by Gasteiger charge is -2.12. The van der Waals surface area contributed by atoms with Gasteiger partial charge < -0.3 is 14.2 Å². The molecule has 0 aromatic heterocycles. The van der Waals surface area contributed by atoms with Crippen molar-refractivity contribution in [2.24, 2.45) is 0 Å². The smallest absolute Gasteiger partial charge is 0.188 e. The van der Waals surface area contributed by atoms with E-state index in [0.717, 1.165) is 32.7 Å². The molecule has 4 heteroatoms. The van der Waals surface area contributed by atoms with E-state index < -0.39 is 0 Å². The molecule has 0 saturated carbocycles. The Morgan fingerprint density at radius 2 is 1.95 bits per heavy atom. The Morgan fingerprint density at radius 3 is 2.68 bits per heavy atom. The molecule has 3 nitrogen and oxygen atoms in total. The zero-order valence-corrected chi connectivity index (χ0v) is 14.5. The van der Waals surface area contributed by atoms with Crippen LogP contribution in [0.25, 0.3) is 11.6 Å². The quantitative estimate of drug-likeness (QED) is 0.534. The molecular formula is C18H19BrO3. The summed E-state index contributed by atoms with van der Waals surface area (Å²) in [5.74, 6) is 1.63. The van der Waals surface area contributed by atoms with Crippen molar-refractivity contribution in [2.45, 2.75) is 6.92 Å². The summed E-state index contributed by atoms with van der Waals surface area (Å²) in [6.45, 7) is 2.28. The largest absolute Gasteiger partial charge is 0.497 e. The maximum Gasteiger partial charge on any atom is 0.188 e. The fourth-order valence-corrected chi connectivity index (χ4v) is 2.46. The number of ether oxygens (including phenoxy) is 3. The summed E-state index contributed by atoms with van der Waals surface area (Å²) in [5.41, 5.74) is 3.22. The fourth-order valence-electron chi connectivity index (χ4n) is 2.12. The maximum atomic E-state index is 5.65. The third-order valence-corrected chi connectivity index (χ3v) is 3.67. The maximum absolute atomic E-state index is 5.65. The number of benzene rings is 2. The highest BCUT2D eigenvalue weighted by atomic mass is 79.9. The molecule has 0 spiro atoms. The molecule has 0 N–H and O–H groups in total. The molecule has 22 heavy (non-hydrogen) atoms. The molecule has 0 atom stereocenters. The second kappa shape index (κ2) is 8.01. The molecule has 0 amide bonds. The summed E-state index contributed by atoms with van der Waals surface area (Å²) >= 11 is 3.47. The Bertz CT molecular complexity index is 665. The molecule has 0 aliphatic carbocycles. The average molecular weight is 363 g/mol. The van der Waals surface area contributed by atoms with Crippen LogP contribution in [0.4, 0.5) is 0 Å². The first-order chi connectivity index (χ1) is 10.6. The van der Waals surface area contributed by atoms with E-state index in [1.54, 1.807) is 14.2 Å². The van der Waals surface area contributed by atoms with Crippen LogP contribution < -0.4 is 9.47 Å². The summed E-state index contributed by atoms with van der Waals surface area (Å²) in [7, 11) is 3.28. The van der Waals surface area contributed by atoms with Gasteiger partial charge in [0.2, 0.25) is 0 Å². The molecule has 0 fully saturated rings. The summed E-state index contributed by atoms with van der Waals surface area (Å²) < 4.78 is 16.9. The summed E-state index contributed by atoms with van der Waals surface area (Å²) in [6.07, 6.45) is 2.10. The van der Waals surface area contributed by atoms with Crippen molar-refractivity contribution in [3.8, 4) is 11.5 Å². The molecule has 0 bridgehead atoms. The van der Waals surface area contributed by atoms with E-state index >= 15 is 0 Å². The minimum absolute atomic E-state index is 0.218. The monoisotopic (exact) mass is 362 g/mol. The Kier molecular flexibility index (Phi) is 6.04. The van der Waals surface area contributed by atoms with Crippen LogP contribution in [0.1, 0.15) is 18.1 Å². The topological polar surface area (TPSA) is 27.7 Å². The van der Waals surface area contributed by atoms with Crippen molar-refractivity contribution in [3.05, 3.63) is 58.1 Å². The third-order valence-electron chi connectivity index (χ3n) is 3.18. The molecule has 0 heterocycles. The second-order valence-corrected chi connectivity index (χ2v) is 5.71. The minimum Gasteiger partial charge on any atom is -0.497 e. The zero-order chi connectivity index (χ0) is 15.9. The highest BCUT2D eigenvalue weighted by Gasteiger charge is 2.07. The molecule has 0 aliphatic rings. The molecule has 2 aromatic rings. The summed E-state index contributed by atoms with van der Waals surface area (Å²) in [6, 6.07) is 13.9. The number of methoxy groups -OCH3 is 2. The van der Waals surface area contributed by atoms with Crippen molar-refractivity contribution in [2.75, 3.05) is 21.0 Å². The van der Waals surface area contributed by atoms with E-state index in [2.05, 4.69) is 28.9 Å². The van der Waals surface area contributed by atoms with Gasteiger partial charge in [0.15, 0.2) is 6.79 Å². The van der Waals surface area contributed by atoms with Gasteiger partial charge in [-0.15, -0.1) is 0 Å². The minimum atomic E-state index is 0.218. The molecule has 2 aromatic carbocycles. The van der Waals surface area contributed by atoms with Gasteiger partial charge in [-0.3, -0.25) is 0 Å². The summed E-state index contributed by atoms with van der Waals surface area (Å²) in [5, 5.41) is 0. The predicted molar refractivity (Wildman–Crippen MR) is 93.2 cm³/mol. The summed E-state index contributed by atoms with van der Waals surface area (Å²) in [4.78, 5) is 0. The van der Waals surface area contributed by atoms with Gasteiger partial charge in [-0.1, -0.05) is 34.1 Å². The highest BCUT2D eigenvalue weighted by Crippen LogP contribution is 2.31. The first-order valence-corrected chi connectivity index (χ1v) is 7.67. The van der Waals surface area contributed by atoms with Crippen LogP contribution in [0, 0.1) is 0 Å². The average Bonchev–Trinajstić information content (AvgIpc) is 2.53. The van der Waals surface area contributed by atoms with Gasteiger partial charge in [-0.2, -0.15) is 0 Å². The number of hydrogen-bond acceptors (Lipinski definition) is 3. The lowest BCUT2D eigenvalue weighted by molar-refractivity contribution is 0.0509. The van der Waals surface area contributed by atoms with Crippen molar-refractivity contribution in [1.29, 1.82) is 0 Å². The Morgan fingerprint density at radius 1 is 1.14 bits per heavy atom. The van der Waals surface area contributed by atoms with Gasteiger partial charge >= 0.3 is 0 Å². The van der Waals surface area contributed by atoms with Crippen LogP contribution in [0.15, 0.2) is 46.9 Å². The Hall–Kier alpha value is -1.78. The Labute approximate surface area is 139 Å². The van der Waals surface area contributed by atoms with Gasteiger partial charge in [0, 0.05) is 17.1 Å². The van der Waals surface area contributed by atoms with Gasteiger partial charge in [0.1, 0.15) is 11.5 Å². The van der Waals surface area contributed by atoms with E-state index in [-0.39, 0.29) is 6.79 Å². The zero-order valence-electron chi connectivity index (χ0n) is 12.9. The van der Waals surface area contributed by atoms with Crippen LogP contribution in [-0.4, -0.2) is 21.0 Å². The molecule has 0 unspecified atom stereocenters. The second-order valence-electron chi connectivity index (χ2n) is 4.80. The molecule has 0 aliphatic heterocycles. The normalized spacial score (nSPS) is 11.4. The first-order valence-electron chi connectivity index (χ1n) is 6.88. The third kappa shape index (κ3) is 4.36. The van der Waals surface area contributed by atoms with Gasteiger partial charge in [-0.25, -0.2) is 0 Å². The van der Waals surface area contributed by atoms with E-state index in [1.807, 2.05) is 42.5 Å². The molecule has 2 rings (SSSR count). The van der Waals surface area contributed by atoms with Crippen molar-refractivity contribution >= 4 is 27.6 Å². The Balaban J connectivity index is 2.34. The molecule has 0 radical (unpaired) electrons. The van der Waals surface area contributed by atoms with Gasteiger partial charge in [0.05, 0.1) is 7.11 Å². The van der Waals surface area contributed by atoms with Crippen LogP contribution in [0.3, 0.4) is 0 Å².